The molecule has 2 aliphatic heterocycles. The van der Waals surface area contributed by atoms with Crippen LogP contribution in [-0.2, 0) is 6.42 Å². The minimum atomic E-state index is 0.308. The molecule has 2 saturated carbocycles. The van der Waals surface area contributed by atoms with Gasteiger partial charge in [0, 0.05) is 33.0 Å². The highest BCUT2D eigenvalue weighted by atomic mass is 32.1. The van der Waals surface area contributed by atoms with Gasteiger partial charge in [-0.3, -0.25) is 0 Å². The lowest BCUT2D eigenvalue weighted by molar-refractivity contribution is -0.0220. The van der Waals surface area contributed by atoms with E-state index in [0.717, 1.165) is 18.3 Å². The predicted octanol–water partition coefficient (Wildman–Crippen LogP) is 11.5. The van der Waals surface area contributed by atoms with Crippen LogP contribution < -0.4 is 0 Å². The largest absolute Gasteiger partial charge is 0.345 e. The SMILES string of the molecule is C=C1C2c3sc4c(c3C3N(C5=C(CCC=C5)N3C3C(C(C)C)CC(c5ccccc5)CC3C(C)C)C12)CC(C1C(C)C=CCC1C)C=C4. The van der Waals surface area contributed by atoms with Gasteiger partial charge >= 0.3 is 0 Å². The summed E-state index contributed by atoms with van der Waals surface area (Å²) in [5.41, 5.74) is 9.59. The number of thiophene rings is 1. The molecule has 9 rings (SSSR count). The van der Waals surface area contributed by atoms with Crippen molar-refractivity contribution in [1.29, 1.82) is 0 Å². The molecule has 1 aromatic carbocycles. The molecule has 2 nitrogen and oxygen atoms in total. The summed E-state index contributed by atoms with van der Waals surface area (Å²) in [5.74, 6) is 6.44. The average molecular weight is 657 g/mol. The van der Waals surface area contributed by atoms with E-state index in [1.54, 1.807) is 32.1 Å². The Morgan fingerprint density at radius 3 is 2.35 bits per heavy atom. The Balaban J connectivity index is 1.18. The normalized spacial score (nSPS) is 37.9. The van der Waals surface area contributed by atoms with Crippen molar-refractivity contribution >= 4 is 17.4 Å². The van der Waals surface area contributed by atoms with Crippen LogP contribution in [0.2, 0.25) is 0 Å². The smallest absolute Gasteiger partial charge is 0.130 e. The molecule has 7 aliphatic rings. The van der Waals surface area contributed by atoms with Gasteiger partial charge in [0.1, 0.15) is 6.17 Å². The number of allylic oxidation sites excluding steroid dienone is 6. The molecular formula is C45H56N2S. The van der Waals surface area contributed by atoms with E-state index >= 15 is 0 Å². The van der Waals surface area contributed by atoms with E-state index in [2.05, 4.69) is 129 Å². The van der Waals surface area contributed by atoms with Crippen LogP contribution in [0.5, 0.6) is 0 Å². The fourth-order valence-electron chi connectivity index (χ4n) is 11.8. The zero-order valence-corrected chi connectivity index (χ0v) is 30.9. The van der Waals surface area contributed by atoms with Gasteiger partial charge < -0.3 is 9.80 Å². The molecule has 252 valence electrons. The van der Waals surface area contributed by atoms with Crippen LogP contribution >= 0.6 is 11.3 Å². The van der Waals surface area contributed by atoms with Crippen molar-refractivity contribution in [2.75, 3.05) is 0 Å². The van der Waals surface area contributed by atoms with Gasteiger partial charge in [-0.2, -0.15) is 0 Å². The number of rotatable bonds is 5. The zero-order chi connectivity index (χ0) is 33.0. The molecule has 3 heteroatoms. The first kappa shape index (κ1) is 31.2. The maximum Gasteiger partial charge on any atom is 0.130 e. The van der Waals surface area contributed by atoms with Gasteiger partial charge in [0.2, 0.25) is 0 Å². The van der Waals surface area contributed by atoms with Gasteiger partial charge in [0.15, 0.2) is 0 Å². The summed E-state index contributed by atoms with van der Waals surface area (Å²) in [6.07, 6.45) is 22.7. The summed E-state index contributed by atoms with van der Waals surface area (Å²) in [5, 5.41) is 0. The molecule has 1 aromatic heterocycles. The number of benzene rings is 1. The quantitative estimate of drug-likeness (QED) is 0.296. The van der Waals surface area contributed by atoms with Crippen LogP contribution in [0.3, 0.4) is 0 Å². The topological polar surface area (TPSA) is 6.48 Å². The molecule has 5 aliphatic carbocycles. The number of nitrogens with zero attached hydrogens (tertiary/aromatic N) is 2. The van der Waals surface area contributed by atoms with Crippen LogP contribution in [0.25, 0.3) is 6.08 Å². The van der Waals surface area contributed by atoms with E-state index in [1.807, 2.05) is 0 Å². The molecule has 0 amide bonds. The van der Waals surface area contributed by atoms with Crippen LogP contribution in [-0.4, -0.2) is 21.9 Å². The Morgan fingerprint density at radius 1 is 0.896 bits per heavy atom. The Kier molecular flexibility index (Phi) is 7.57. The maximum absolute atomic E-state index is 4.76. The van der Waals surface area contributed by atoms with Crippen LogP contribution in [0.15, 0.2) is 84.3 Å². The lowest BCUT2D eigenvalue weighted by Gasteiger charge is -2.53. The van der Waals surface area contributed by atoms with E-state index < -0.39 is 0 Å². The number of hydrogen-bond donors (Lipinski definition) is 0. The molecule has 0 spiro atoms. The number of hydrogen-bond acceptors (Lipinski definition) is 3. The lowest BCUT2D eigenvalue weighted by atomic mass is 9.62. The van der Waals surface area contributed by atoms with Crippen molar-refractivity contribution in [2.45, 2.75) is 110 Å². The second-order valence-corrected chi connectivity index (χ2v) is 18.5. The van der Waals surface area contributed by atoms with Gasteiger partial charge in [-0.25, -0.2) is 0 Å². The Hall–Kier alpha value is -2.78. The van der Waals surface area contributed by atoms with Crippen molar-refractivity contribution in [2.24, 2.45) is 47.3 Å². The molecule has 9 atom stereocenters. The Labute approximate surface area is 294 Å². The van der Waals surface area contributed by atoms with Crippen molar-refractivity contribution in [3.8, 4) is 0 Å². The summed E-state index contributed by atoms with van der Waals surface area (Å²) in [4.78, 5) is 9.23. The molecule has 2 aromatic rings. The summed E-state index contributed by atoms with van der Waals surface area (Å²) in [7, 11) is 0. The molecule has 3 heterocycles. The third-order valence-electron chi connectivity index (χ3n) is 14.1. The molecule has 48 heavy (non-hydrogen) atoms. The fourth-order valence-corrected chi connectivity index (χ4v) is 13.2. The van der Waals surface area contributed by atoms with E-state index in [0.29, 0.717) is 65.6 Å². The third-order valence-corrected chi connectivity index (χ3v) is 15.4. The zero-order valence-electron chi connectivity index (χ0n) is 30.1. The standard InChI is InChI=1S/C45H56N2S/c1-25(2)33-23-32(30-16-9-8-10-17-30)24-34(26(3)4)43(33)47-37-19-12-11-18-36(37)46-42-29(7)40(42)44-41(45(46)47)35-22-31(20-21-38(35)48-44)39-27(5)14-13-15-28(39)6/h8-11,13-14,16-18,20-21,25-28,31-34,39-40,42-43,45H,7,12,15,19,22-24H2,1-6H3. The predicted molar refractivity (Wildman–Crippen MR) is 202 cm³/mol. The van der Waals surface area contributed by atoms with E-state index in [4.69, 9.17) is 6.58 Å². The van der Waals surface area contributed by atoms with Crippen molar-refractivity contribution in [1.82, 2.24) is 9.80 Å². The van der Waals surface area contributed by atoms with Crippen LogP contribution in [0.4, 0.5) is 0 Å². The van der Waals surface area contributed by atoms with Crippen molar-refractivity contribution in [3.05, 3.63) is 111 Å². The molecule has 0 N–H and O–H groups in total. The number of fused-ring (bicyclic) bond motifs is 9. The molecular weight excluding hydrogens is 601 g/mol. The summed E-state index contributed by atoms with van der Waals surface area (Å²) in [6.45, 7) is 19.8. The van der Waals surface area contributed by atoms with Crippen molar-refractivity contribution < 1.29 is 0 Å². The monoisotopic (exact) mass is 656 g/mol. The van der Waals surface area contributed by atoms with Crippen LogP contribution in [0.1, 0.15) is 118 Å². The highest BCUT2D eigenvalue weighted by molar-refractivity contribution is 7.13. The van der Waals surface area contributed by atoms with Crippen molar-refractivity contribution in [3.63, 3.8) is 0 Å². The first-order chi connectivity index (χ1) is 23.2. The van der Waals surface area contributed by atoms with E-state index in [9.17, 15) is 0 Å². The average Bonchev–Trinajstić information content (AvgIpc) is 3.43. The maximum atomic E-state index is 4.76. The second kappa shape index (κ2) is 11.6. The third kappa shape index (κ3) is 4.61. The molecule has 2 fully saturated rings. The lowest BCUT2D eigenvalue weighted by Crippen LogP contribution is -2.53. The minimum absolute atomic E-state index is 0.308. The van der Waals surface area contributed by atoms with Gasteiger partial charge in [0.05, 0.1) is 11.7 Å². The van der Waals surface area contributed by atoms with Gasteiger partial charge in [-0.05, 0) is 121 Å². The van der Waals surface area contributed by atoms with Gasteiger partial charge in [-0.1, -0.05) is 103 Å². The van der Waals surface area contributed by atoms with Gasteiger partial charge in [0.25, 0.3) is 0 Å². The summed E-state index contributed by atoms with van der Waals surface area (Å²) >= 11 is 2.13. The first-order valence-corrected chi connectivity index (χ1v) is 20.3. The highest BCUT2D eigenvalue weighted by Gasteiger charge is 2.63. The highest BCUT2D eigenvalue weighted by Crippen LogP contribution is 2.67. The molecule has 0 bridgehead atoms. The van der Waals surface area contributed by atoms with E-state index in [-0.39, 0.29) is 0 Å². The second-order valence-electron chi connectivity index (χ2n) is 17.4. The summed E-state index contributed by atoms with van der Waals surface area (Å²) < 4.78 is 0. The molecule has 9 unspecified atom stereocenters. The molecule has 0 saturated heterocycles. The van der Waals surface area contributed by atoms with Gasteiger partial charge in [-0.15, -0.1) is 11.3 Å². The first-order valence-electron chi connectivity index (χ1n) is 19.4. The summed E-state index contributed by atoms with van der Waals surface area (Å²) in [6, 6.07) is 12.5. The van der Waals surface area contributed by atoms with E-state index in [1.165, 1.54) is 43.4 Å². The molecule has 0 radical (unpaired) electrons. The minimum Gasteiger partial charge on any atom is -0.345 e. The Bertz CT molecular complexity index is 1700. The Morgan fingerprint density at radius 2 is 1.65 bits per heavy atom. The van der Waals surface area contributed by atoms with Crippen LogP contribution in [0, 0.1) is 47.3 Å². The fraction of sp³-hybridized carbons (Fsp3) is 0.556.